The normalized spacial score (nSPS) is 19.5. The third-order valence-corrected chi connectivity index (χ3v) is 3.43. The van der Waals surface area contributed by atoms with Crippen LogP contribution in [0.4, 0.5) is 0 Å². The molecular formula is C13H18BrNO2. The van der Waals surface area contributed by atoms with Crippen LogP contribution in [0.1, 0.15) is 12.0 Å². The zero-order chi connectivity index (χ0) is 12.1. The second-order valence-corrected chi connectivity index (χ2v) is 5.25. The fraction of sp³-hybridized carbons (Fsp3) is 0.538. The van der Waals surface area contributed by atoms with E-state index >= 15 is 0 Å². The maximum Gasteiger partial charge on any atom is 0.122 e. The highest BCUT2D eigenvalue weighted by molar-refractivity contribution is 9.10. The molecule has 2 N–H and O–H groups in total. The third kappa shape index (κ3) is 3.69. The van der Waals surface area contributed by atoms with Crippen molar-refractivity contribution in [1.82, 2.24) is 0 Å². The quantitative estimate of drug-likeness (QED) is 0.908. The number of nitrogens with two attached hydrogens (primary N) is 1. The number of ether oxygens (including phenoxy) is 2. The van der Waals surface area contributed by atoms with Crippen molar-refractivity contribution in [3.8, 4) is 5.75 Å². The summed E-state index contributed by atoms with van der Waals surface area (Å²) < 4.78 is 12.3. The molecule has 94 valence electrons. The van der Waals surface area contributed by atoms with E-state index in [1.165, 1.54) is 5.56 Å². The molecule has 1 aliphatic heterocycles. The van der Waals surface area contributed by atoms with E-state index in [0.717, 1.165) is 42.9 Å². The number of benzene rings is 1. The highest BCUT2D eigenvalue weighted by Crippen LogP contribution is 2.25. The smallest absolute Gasteiger partial charge is 0.122 e. The summed E-state index contributed by atoms with van der Waals surface area (Å²) in [5.41, 5.74) is 6.77. The van der Waals surface area contributed by atoms with Crippen LogP contribution in [0.3, 0.4) is 0 Å². The maximum absolute atomic E-state index is 5.87. The summed E-state index contributed by atoms with van der Waals surface area (Å²) in [6.45, 7) is 3.06. The molecule has 1 aromatic carbocycles. The van der Waals surface area contributed by atoms with Gasteiger partial charge >= 0.3 is 0 Å². The van der Waals surface area contributed by atoms with Gasteiger partial charge in [0, 0.05) is 17.0 Å². The second-order valence-electron chi connectivity index (χ2n) is 4.33. The Labute approximate surface area is 110 Å². The first-order valence-electron chi connectivity index (χ1n) is 5.98. The van der Waals surface area contributed by atoms with Crippen LogP contribution in [0, 0.1) is 5.92 Å². The van der Waals surface area contributed by atoms with E-state index in [0.29, 0.717) is 12.5 Å². The summed E-state index contributed by atoms with van der Waals surface area (Å²) in [6.07, 6.45) is 1.94. The van der Waals surface area contributed by atoms with Gasteiger partial charge in [-0.2, -0.15) is 0 Å². The summed E-state index contributed by atoms with van der Waals surface area (Å²) >= 11 is 3.47. The van der Waals surface area contributed by atoms with Crippen molar-refractivity contribution in [1.29, 1.82) is 0 Å². The first-order valence-corrected chi connectivity index (χ1v) is 6.78. The molecule has 1 unspecified atom stereocenters. The number of hydrogen-bond acceptors (Lipinski definition) is 3. The highest BCUT2D eigenvalue weighted by Gasteiger charge is 2.16. The standard InChI is InChI=1S/C13H18BrNO2/c14-12-1-2-13(11(7-12)3-5-15)17-9-10-4-6-16-8-10/h1-2,7,10H,3-6,8-9,15H2. The van der Waals surface area contributed by atoms with Gasteiger partial charge in [-0.1, -0.05) is 15.9 Å². The molecule has 1 atom stereocenters. The van der Waals surface area contributed by atoms with E-state index in [4.69, 9.17) is 15.2 Å². The van der Waals surface area contributed by atoms with E-state index in [2.05, 4.69) is 22.0 Å². The first-order chi connectivity index (χ1) is 8.29. The molecule has 0 aromatic heterocycles. The molecule has 0 bridgehead atoms. The van der Waals surface area contributed by atoms with Crippen LogP contribution in [-0.2, 0) is 11.2 Å². The van der Waals surface area contributed by atoms with Crippen molar-refractivity contribution in [3.63, 3.8) is 0 Å². The highest BCUT2D eigenvalue weighted by atomic mass is 79.9. The van der Waals surface area contributed by atoms with Gasteiger partial charge in [0.2, 0.25) is 0 Å². The zero-order valence-corrected chi connectivity index (χ0v) is 11.4. The van der Waals surface area contributed by atoms with Crippen molar-refractivity contribution in [3.05, 3.63) is 28.2 Å². The van der Waals surface area contributed by atoms with Crippen LogP contribution in [0.2, 0.25) is 0 Å². The zero-order valence-electron chi connectivity index (χ0n) is 9.82. The minimum Gasteiger partial charge on any atom is -0.493 e. The molecule has 1 aromatic rings. The molecule has 0 spiro atoms. The largest absolute Gasteiger partial charge is 0.493 e. The van der Waals surface area contributed by atoms with Crippen molar-refractivity contribution < 1.29 is 9.47 Å². The fourth-order valence-electron chi connectivity index (χ4n) is 1.96. The molecule has 17 heavy (non-hydrogen) atoms. The van der Waals surface area contributed by atoms with Gasteiger partial charge in [0.15, 0.2) is 0 Å². The Balaban J connectivity index is 1.98. The summed E-state index contributed by atoms with van der Waals surface area (Å²) in [4.78, 5) is 0. The predicted octanol–water partition coefficient (Wildman–Crippen LogP) is 2.37. The molecule has 1 saturated heterocycles. The third-order valence-electron chi connectivity index (χ3n) is 2.93. The van der Waals surface area contributed by atoms with Gasteiger partial charge < -0.3 is 15.2 Å². The number of rotatable bonds is 5. The van der Waals surface area contributed by atoms with Gasteiger partial charge in [-0.3, -0.25) is 0 Å². The fourth-order valence-corrected chi connectivity index (χ4v) is 2.37. The lowest BCUT2D eigenvalue weighted by Crippen LogP contribution is -2.13. The first kappa shape index (κ1) is 12.9. The van der Waals surface area contributed by atoms with Gasteiger partial charge in [0.05, 0.1) is 13.2 Å². The minimum atomic E-state index is 0.532. The Kier molecular flexibility index (Phi) is 4.83. The maximum atomic E-state index is 5.87. The summed E-state index contributed by atoms with van der Waals surface area (Å²) in [5.74, 6) is 1.48. The van der Waals surface area contributed by atoms with E-state index in [1.54, 1.807) is 0 Å². The van der Waals surface area contributed by atoms with Crippen LogP contribution in [0.15, 0.2) is 22.7 Å². The van der Waals surface area contributed by atoms with E-state index in [1.807, 2.05) is 12.1 Å². The van der Waals surface area contributed by atoms with Gasteiger partial charge in [0.25, 0.3) is 0 Å². The molecule has 3 nitrogen and oxygen atoms in total. The molecule has 0 radical (unpaired) electrons. The van der Waals surface area contributed by atoms with Gasteiger partial charge in [-0.05, 0) is 43.1 Å². The Morgan fingerprint density at radius 1 is 1.47 bits per heavy atom. The molecule has 1 fully saturated rings. The van der Waals surface area contributed by atoms with Gasteiger partial charge in [-0.15, -0.1) is 0 Å². The molecule has 0 saturated carbocycles. The Morgan fingerprint density at radius 3 is 3.06 bits per heavy atom. The van der Waals surface area contributed by atoms with Crippen LogP contribution in [0.25, 0.3) is 0 Å². The van der Waals surface area contributed by atoms with Crippen LogP contribution in [0.5, 0.6) is 5.75 Å². The Bertz CT molecular complexity index is 364. The summed E-state index contributed by atoms with van der Waals surface area (Å²) in [6, 6.07) is 6.08. The SMILES string of the molecule is NCCc1cc(Br)ccc1OCC1CCOC1. The van der Waals surface area contributed by atoms with Crippen LogP contribution in [-0.4, -0.2) is 26.4 Å². The monoisotopic (exact) mass is 299 g/mol. The van der Waals surface area contributed by atoms with Crippen molar-refractivity contribution in [2.45, 2.75) is 12.8 Å². The summed E-state index contributed by atoms with van der Waals surface area (Å²) in [5, 5.41) is 0. The molecule has 1 aliphatic rings. The lowest BCUT2D eigenvalue weighted by molar-refractivity contribution is 0.166. The Morgan fingerprint density at radius 2 is 2.35 bits per heavy atom. The number of hydrogen-bond donors (Lipinski definition) is 1. The van der Waals surface area contributed by atoms with Crippen molar-refractivity contribution in [2.75, 3.05) is 26.4 Å². The van der Waals surface area contributed by atoms with Gasteiger partial charge in [-0.25, -0.2) is 0 Å². The van der Waals surface area contributed by atoms with Crippen LogP contribution >= 0.6 is 15.9 Å². The molecule has 2 rings (SSSR count). The molecule has 0 amide bonds. The molecule has 4 heteroatoms. The van der Waals surface area contributed by atoms with Crippen LogP contribution < -0.4 is 10.5 Å². The summed E-state index contributed by atoms with van der Waals surface area (Å²) in [7, 11) is 0. The van der Waals surface area contributed by atoms with E-state index in [9.17, 15) is 0 Å². The topological polar surface area (TPSA) is 44.5 Å². The van der Waals surface area contributed by atoms with Gasteiger partial charge in [0.1, 0.15) is 5.75 Å². The average molecular weight is 300 g/mol. The van der Waals surface area contributed by atoms with Crippen molar-refractivity contribution >= 4 is 15.9 Å². The van der Waals surface area contributed by atoms with Crippen molar-refractivity contribution in [2.24, 2.45) is 11.7 Å². The number of halogens is 1. The van der Waals surface area contributed by atoms with E-state index < -0.39 is 0 Å². The average Bonchev–Trinajstić information content (AvgIpc) is 2.81. The molecule has 0 aliphatic carbocycles. The van der Waals surface area contributed by atoms with E-state index in [-0.39, 0.29) is 0 Å². The molecular weight excluding hydrogens is 282 g/mol. The second kappa shape index (κ2) is 6.38. The lowest BCUT2D eigenvalue weighted by Gasteiger charge is -2.14. The lowest BCUT2D eigenvalue weighted by atomic mass is 10.1. The predicted molar refractivity (Wildman–Crippen MR) is 71.3 cm³/mol. The minimum absolute atomic E-state index is 0.532. The Hall–Kier alpha value is -0.580. The molecule has 1 heterocycles.